The predicted molar refractivity (Wildman–Crippen MR) is 120 cm³/mol. The summed E-state index contributed by atoms with van der Waals surface area (Å²) in [6.07, 6.45) is 0. The molecule has 0 aliphatic carbocycles. The normalized spacial score (nSPS) is 14.1. The van der Waals surface area contributed by atoms with Gasteiger partial charge in [0.15, 0.2) is 0 Å². The molecular weight excluding hydrogens is 437 g/mol. The van der Waals surface area contributed by atoms with E-state index in [0.717, 1.165) is 22.2 Å². The van der Waals surface area contributed by atoms with E-state index in [4.69, 9.17) is 11.6 Å². The van der Waals surface area contributed by atoms with E-state index < -0.39 is 5.82 Å². The first-order valence-electron chi connectivity index (χ1n) is 9.90. The van der Waals surface area contributed by atoms with E-state index in [1.807, 2.05) is 26.0 Å². The molecule has 3 aromatic rings. The summed E-state index contributed by atoms with van der Waals surface area (Å²) in [5, 5.41) is 2.69. The fraction of sp³-hybridized carbons (Fsp3) is 0.261. The number of piperazine rings is 1. The zero-order valence-corrected chi connectivity index (χ0v) is 18.8. The molecule has 0 bridgehead atoms. The van der Waals surface area contributed by atoms with Crippen LogP contribution in [-0.4, -0.2) is 52.8 Å². The molecule has 0 saturated carbocycles. The Hall–Kier alpha value is -2.77. The molecule has 4 rings (SSSR count). The van der Waals surface area contributed by atoms with Crippen molar-refractivity contribution in [2.45, 2.75) is 13.8 Å². The third-order valence-corrected chi connectivity index (χ3v) is 6.54. The minimum Gasteiger partial charge on any atom is -0.335 e. The van der Waals surface area contributed by atoms with Crippen LogP contribution in [0, 0.1) is 19.7 Å². The Kier molecular flexibility index (Phi) is 6.07. The SMILES string of the molecule is Cc1ccc(-c2nc(C(=O)N3CCN(C(=O)c4ccc(F)cc4Cl)CC3)cs2)c(C)c1. The van der Waals surface area contributed by atoms with Gasteiger partial charge in [-0.25, -0.2) is 9.37 Å². The lowest BCUT2D eigenvalue weighted by Gasteiger charge is -2.34. The summed E-state index contributed by atoms with van der Waals surface area (Å²) in [5.41, 5.74) is 4.02. The maximum Gasteiger partial charge on any atom is 0.273 e. The molecule has 5 nitrogen and oxygen atoms in total. The minimum absolute atomic E-state index is 0.0879. The Morgan fingerprint density at radius 3 is 2.32 bits per heavy atom. The smallest absolute Gasteiger partial charge is 0.273 e. The zero-order chi connectivity index (χ0) is 22.1. The fourth-order valence-electron chi connectivity index (χ4n) is 3.66. The van der Waals surface area contributed by atoms with E-state index in [1.165, 1.54) is 29.0 Å². The van der Waals surface area contributed by atoms with Crippen molar-refractivity contribution >= 4 is 34.8 Å². The Morgan fingerprint density at radius 2 is 1.68 bits per heavy atom. The number of hydrogen-bond donors (Lipinski definition) is 0. The molecule has 160 valence electrons. The van der Waals surface area contributed by atoms with Gasteiger partial charge in [-0.3, -0.25) is 9.59 Å². The summed E-state index contributed by atoms with van der Waals surface area (Å²) < 4.78 is 13.2. The fourth-order valence-corrected chi connectivity index (χ4v) is 4.79. The molecule has 1 aliphatic rings. The lowest BCUT2D eigenvalue weighted by molar-refractivity contribution is 0.0533. The first-order chi connectivity index (χ1) is 14.8. The second kappa shape index (κ2) is 8.77. The van der Waals surface area contributed by atoms with Crippen LogP contribution in [0.15, 0.2) is 41.8 Å². The molecule has 0 radical (unpaired) electrons. The highest BCUT2D eigenvalue weighted by atomic mass is 35.5. The van der Waals surface area contributed by atoms with Gasteiger partial charge in [0, 0.05) is 37.1 Å². The zero-order valence-electron chi connectivity index (χ0n) is 17.2. The monoisotopic (exact) mass is 457 g/mol. The van der Waals surface area contributed by atoms with Gasteiger partial charge in [0.25, 0.3) is 11.8 Å². The topological polar surface area (TPSA) is 53.5 Å². The van der Waals surface area contributed by atoms with Crippen molar-refractivity contribution in [3.63, 3.8) is 0 Å². The average Bonchev–Trinajstić information content (AvgIpc) is 3.23. The summed E-state index contributed by atoms with van der Waals surface area (Å²) in [7, 11) is 0. The molecule has 2 aromatic carbocycles. The molecule has 1 saturated heterocycles. The molecule has 1 aromatic heterocycles. The minimum atomic E-state index is -0.486. The van der Waals surface area contributed by atoms with Gasteiger partial charge in [-0.2, -0.15) is 0 Å². The van der Waals surface area contributed by atoms with E-state index in [-0.39, 0.29) is 22.4 Å². The van der Waals surface area contributed by atoms with Crippen molar-refractivity contribution in [1.82, 2.24) is 14.8 Å². The summed E-state index contributed by atoms with van der Waals surface area (Å²) in [4.78, 5) is 33.5. The van der Waals surface area contributed by atoms with Gasteiger partial charge in [0.2, 0.25) is 0 Å². The van der Waals surface area contributed by atoms with Gasteiger partial charge in [-0.15, -0.1) is 11.3 Å². The molecule has 8 heteroatoms. The van der Waals surface area contributed by atoms with E-state index >= 15 is 0 Å². The highest BCUT2D eigenvalue weighted by Crippen LogP contribution is 2.28. The number of carbonyl (C=O) groups excluding carboxylic acids is 2. The number of benzene rings is 2. The molecule has 2 amide bonds. The van der Waals surface area contributed by atoms with Crippen LogP contribution in [0.4, 0.5) is 4.39 Å². The standard InChI is InChI=1S/C23H21ClFN3O2S/c1-14-3-5-17(15(2)11-14)21-26-20(13-31-21)23(30)28-9-7-27(8-10-28)22(29)18-6-4-16(25)12-19(18)24/h3-6,11-13H,7-10H2,1-2H3. The Bertz CT molecular complexity index is 1160. The van der Waals surface area contributed by atoms with E-state index in [1.54, 1.807) is 15.2 Å². The largest absolute Gasteiger partial charge is 0.335 e. The van der Waals surface area contributed by atoms with Crippen LogP contribution in [-0.2, 0) is 0 Å². The van der Waals surface area contributed by atoms with Crippen LogP contribution in [0.1, 0.15) is 32.0 Å². The Morgan fingerprint density at radius 1 is 1.00 bits per heavy atom. The van der Waals surface area contributed by atoms with Crippen LogP contribution in [0.2, 0.25) is 5.02 Å². The molecule has 0 N–H and O–H groups in total. The van der Waals surface area contributed by atoms with Gasteiger partial charge in [-0.05, 0) is 37.6 Å². The number of nitrogens with zero attached hydrogens (tertiary/aromatic N) is 3. The summed E-state index contributed by atoms with van der Waals surface area (Å²) >= 11 is 7.47. The Labute approximate surface area is 189 Å². The van der Waals surface area contributed by atoms with Crippen molar-refractivity contribution in [2.24, 2.45) is 0 Å². The third kappa shape index (κ3) is 4.48. The van der Waals surface area contributed by atoms with E-state index in [2.05, 4.69) is 11.1 Å². The molecule has 0 atom stereocenters. The van der Waals surface area contributed by atoms with Crippen molar-refractivity contribution < 1.29 is 14.0 Å². The number of rotatable bonds is 3. The number of amides is 2. The van der Waals surface area contributed by atoms with Crippen LogP contribution < -0.4 is 0 Å². The van der Waals surface area contributed by atoms with Crippen LogP contribution in [0.3, 0.4) is 0 Å². The van der Waals surface area contributed by atoms with Gasteiger partial charge in [0.05, 0.1) is 10.6 Å². The van der Waals surface area contributed by atoms with Crippen molar-refractivity contribution in [1.29, 1.82) is 0 Å². The average molecular weight is 458 g/mol. The van der Waals surface area contributed by atoms with Crippen LogP contribution >= 0.6 is 22.9 Å². The second-order valence-corrected chi connectivity index (χ2v) is 8.83. The molecule has 0 unspecified atom stereocenters. The molecule has 1 aliphatic heterocycles. The summed E-state index contributed by atoms with van der Waals surface area (Å²) in [6, 6.07) is 9.90. The van der Waals surface area contributed by atoms with Gasteiger partial charge in [0.1, 0.15) is 16.5 Å². The van der Waals surface area contributed by atoms with Crippen molar-refractivity contribution in [3.05, 3.63) is 75.0 Å². The molecular formula is C23H21ClFN3O2S. The number of aryl methyl sites for hydroxylation is 2. The highest BCUT2D eigenvalue weighted by Gasteiger charge is 2.27. The molecule has 0 spiro atoms. The lowest BCUT2D eigenvalue weighted by Crippen LogP contribution is -2.50. The van der Waals surface area contributed by atoms with Gasteiger partial charge < -0.3 is 9.80 Å². The van der Waals surface area contributed by atoms with Crippen LogP contribution in [0.25, 0.3) is 10.6 Å². The van der Waals surface area contributed by atoms with Gasteiger partial charge >= 0.3 is 0 Å². The predicted octanol–water partition coefficient (Wildman–Crippen LogP) is 4.82. The highest BCUT2D eigenvalue weighted by molar-refractivity contribution is 7.13. The number of hydrogen-bond acceptors (Lipinski definition) is 4. The number of halogens is 2. The number of thiazole rings is 1. The van der Waals surface area contributed by atoms with E-state index in [0.29, 0.717) is 31.9 Å². The quantitative estimate of drug-likeness (QED) is 0.566. The van der Waals surface area contributed by atoms with Crippen molar-refractivity contribution in [3.8, 4) is 10.6 Å². The maximum absolute atomic E-state index is 13.2. The van der Waals surface area contributed by atoms with Gasteiger partial charge in [-0.1, -0.05) is 35.4 Å². The van der Waals surface area contributed by atoms with Crippen molar-refractivity contribution in [2.75, 3.05) is 26.2 Å². The van der Waals surface area contributed by atoms with E-state index in [9.17, 15) is 14.0 Å². The molecule has 2 heterocycles. The number of carbonyl (C=O) groups is 2. The maximum atomic E-state index is 13.2. The summed E-state index contributed by atoms with van der Waals surface area (Å²) in [6.45, 7) is 5.65. The lowest BCUT2D eigenvalue weighted by atomic mass is 10.1. The Balaban J connectivity index is 1.42. The number of aromatic nitrogens is 1. The first-order valence-corrected chi connectivity index (χ1v) is 11.2. The molecule has 31 heavy (non-hydrogen) atoms. The van der Waals surface area contributed by atoms with Crippen LogP contribution in [0.5, 0.6) is 0 Å². The second-order valence-electron chi connectivity index (χ2n) is 7.56. The molecule has 1 fully saturated rings. The third-order valence-electron chi connectivity index (χ3n) is 5.35. The first kappa shape index (κ1) is 21.5. The summed E-state index contributed by atoms with van der Waals surface area (Å²) in [5.74, 6) is -0.887.